The Kier molecular flexibility index (Phi) is 30.5. The minimum Gasteiger partial charge on any atom is -0.509 e. The van der Waals surface area contributed by atoms with Crippen LogP contribution in [0.2, 0.25) is 0 Å². The van der Waals surface area contributed by atoms with E-state index in [1.165, 1.54) is 33.6 Å². The van der Waals surface area contributed by atoms with E-state index in [1.54, 1.807) is 0 Å². The second-order valence-corrected chi connectivity index (χ2v) is 8.53. The van der Waals surface area contributed by atoms with E-state index >= 15 is 0 Å². The molecule has 1 aliphatic heterocycles. The summed E-state index contributed by atoms with van der Waals surface area (Å²) in [5, 5.41) is 12.0. The lowest BCUT2D eigenvalue weighted by molar-refractivity contribution is -0.222. The van der Waals surface area contributed by atoms with Crippen LogP contribution in [0, 0.1) is 7.43 Å². The number of ether oxygens (including phenoxy) is 4. The maximum absolute atomic E-state index is 11.3. The standard InChI is InChI=1S/C12H15NO3.C9H12O6.C7H9N.2C2H6.CH4.CH3/c1-16-9-11(14)7-12(15)13-8-10-5-3-2-4-6-10;1-9(2)14-7(11)6(8(12)15-9)5(10)4-13-3;8-6-7-4-2-1-3-5-7;2*1-2;;/h2-6H,7-9H2,1H3,(H,13,15);10H,4H2,1-3H3;1-5H,6,8H2;2*1-2H3;1H4;1H3/q;;;;;;-1. The normalized spacial score (nSPS) is 11.9. The molecule has 11 nitrogen and oxygen atoms in total. The van der Waals surface area contributed by atoms with Crippen molar-refractivity contribution in [3.05, 3.63) is 90.5 Å². The Labute approximate surface area is 270 Å². The molecule has 1 amide bonds. The zero-order valence-electron chi connectivity index (χ0n) is 27.6. The van der Waals surface area contributed by atoms with Crippen molar-refractivity contribution in [2.45, 2.75) is 74.3 Å². The molecule has 0 unspecified atom stereocenters. The minimum absolute atomic E-state index is 0. The number of amides is 1. The smallest absolute Gasteiger partial charge is 0.352 e. The van der Waals surface area contributed by atoms with Gasteiger partial charge in [-0.25, -0.2) is 9.59 Å². The van der Waals surface area contributed by atoms with E-state index in [4.69, 9.17) is 15.2 Å². The monoisotopic (exact) mass is 635 g/mol. The molecule has 0 aromatic heterocycles. The highest BCUT2D eigenvalue weighted by molar-refractivity contribution is 6.15. The van der Waals surface area contributed by atoms with Crippen LogP contribution in [0.5, 0.6) is 0 Å². The zero-order chi connectivity index (χ0) is 33.3. The minimum atomic E-state index is -1.30. The van der Waals surface area contributed by atoms with Crippen LogP contribution in [0.1, 0.15) is 66.5 Å². The van der Waals surface area contributed by atoms with E-state index in [-0.39, 0.29) is 46.2 Å². The maximum Gasteiger partial charge on any atom is 0.352 e. The second-order valence-electron chi connectivity index (χ2n) is 8.53. The van der Waals surface area contributed by atoms with Crippen molar-refractivity contribution in [2.75, 3.05) is 27.4 Å². The molecule has 0 atom stereocenters. The molecule has 0 radical (unpaired) electrons. The van der Waals surface area contributed by atoms with Gasteiger partial charge >= 0.3 is 11.9 Å². The largest absolute Gasteiger partial charge is 0.509 e. The molecule has 3 rings (SSSR count). The number of methoxy groups -OCH3 is 2. The lowest BCUT2D eigenvalue weighted by Crippen LogP contribution is -2.42. The fourth-order valence-electron chi connectivity index (χ4n) is 2.96. The van der Waals surface area contributed by atoms with Gasteiger partial charge in [-0.1, -0.05) is 95.8 Å². The molecular weight excluding hydrogens is 580 g/mol. The van der Waals surface area contributed by atoms with Crippen LogP contribution in [0.4, 0.5) is 0 Å². The number of carbonyl (C=O) groups is 4. The van der Waals surface area contributed by atoms with Crippen molar-refractivity contribution in [2.24, 2.45) is 5.73 Å². The summed E-state index contributed by atoms with van der Waals surface area (Å²) >= 11 is 0. The average molecular weight is 636 g/mol. The molecular formula is C34H55N2O9-. The quantitative estimate of drug-likeness (QED) is 0.0803. The van der Waals surface area contributed by atoms with Crippen LogP contribution in [0.15, 0.2) is 72.0 Å². The third-order valence-corrected chi connectivity index (χ3v) is 4.73. The fraction of sp³-hybridized carbons (Fsp3) is 0.441. The molecule has 0 bridgehead atoms. The molecule has 1 saturated heterocycles. The molecule has 2 aromatic carbocycles. The molecule has 45 heavy (non-hydrogen) atoms. The predicted octanol–water partition coefficient (Wildman–Crippen LogP) is 5.47. The Balaban J connectivity index is -0.000000269. The van der Waals surface area contributed by atoms with Gasteiger partial charge in [-0.3, -0.25) is 9.59 Å². The van der Waals surface area contributed by atoms with Gasteiger partial charge in [0, 0.05) is 41.2 Å². The first kappa shape index (κ1) is 47.9. The third-order valence-electron chi connectivity index (χ3n) is 4.73. The van der Waals surface area contributed by atoms with E-state index in [2.05, 4.69) is 14.8 Å². The van der Waals surface area contributed by atoms with Gasteiger partial charge in [-0.2, -0.15) is 0 Å². The molecule has 0 saturated carbocycles. The van der Waals surface area contributed by atoms with Crippen molar-refractivity contribution < 1.29 is 43.2 Å². The highest BCUT2D eigenvalue weighted by atomic mass is 16.7. The summed E-state index contributed by atoms with van der Waals surface area (Å²) in [4.78, 5) is 45.1. The SMILES string of the molecule is C.CC.CC.COCC(=O)CC(=O)NCc1ccccc1.COCC(O)=C1C(=O)OC(C)(C)OC1=O.NCc1ccccc1.[CH3-]. The number of hydrogen-bond donors (Lipinski definition) is 3. The molecule has 1 heterocycles. The molecule has 2 aromatic rings. The Morgan fingerprint density at radius 3 is 1.62 bits per heavy atom. The number of carbonyl (C=O) groups excluding carboxylic acids is 4. The molecule has 1 fully saturated rings. The van der Waals surface area contributed by atoms with E-state index in [9.17, 15) is 24.3 Å². The van der Waals surface area contributed by atoms with Gasteiger partial charge < -0.3 is 42.5 Å². The predicted molar refractivity (Wildman–Crippen MR) is 178 cm³/mol. The van der Waals surface area contributed by atoms with Crippen molar-refractivity contribution in [3.8, 4) is 0 Å². The molecule has 4 N–H and O–H groups in total. The van der Waals surface area contributed by atoms with Gasteiger partial charge in [-0.15, -0.1) is 0 Å². The van der Waals surface area contributed by atoms with Crippen LogP contribution < -0.4 is 11.1 Å². The molecule has 0 aliphatic carbocycles. The summed E-state index contributed by atoms with van der Waals surface area (Å²) in [6, 6.07) is 19.5. The van der Waals surface area contributed by atoms with Crippen LogP contribution >= 0.6 is 0 Å². The molecule has 1 aliphatic rings. The number of benzene rings is 2. The van der Waals surface area contributed by atoms with Crippen molar-refractivity contribution >= 4 is 23.6 Å². The number of hydrogen-bond acceptors (Lipinski definition) is 10. The number of aliphatic hydroxyl groups excluding tert-OH is 1. The number of Topliss-reactive ketones (excluding diaryl/α,β-unsaturated/α-hetero) is 1. The lowest BCUT2D eigenvalue weighted by Gasteiger charge is -2.29. The van der Waals surface area contributed by atoms with E-state index in [1.807, 2.05) is 88.4 Å². The maximum atomic E-state index is 11.3. The second kappa shape index (κ2) is 28.7. The summed E-state index contributed by atoms with van der Waals surface area (Å²) in [6.07, 6.45) is -0.124. The highest BCUT2D eigenvalue weighted by Gasteiger charge is 2.41. The number of ketones is 1. The molecule has 256 valence electrons. The zero-order valence-corrected chi connectivity index (χ0v) is 27.6. The summed E-state index contributed by atoms with van der Waals surface area (Å²) in [5.41, 5.74) is 7.03. The summed E-state index contributed by atoms with van der Waals surface area (Å²) in [7, 11) is 2.75. The summed E-state index contributed by atoms with van der Waals surface area (Å²) in [5.74, 6) is -4.11. The highest BCUT2D eigenvalue weighted by Crippen LogP contribution is 2.23. The first-order valence-corrected chi connectivity index (χ1v) is 14.0. The third kappa shape index (κ3) is 22.2. The average Bonchev–Trinajstić information content (AvgIpc) is 2.99. The summed E-state index contributed by atoms with van der Waals surface area (Å²) < 4.78 is 18.8. The van der Waals surface area contributed by atoms with Crippen LogP contribution in [0.3, 0.4) is 0 Å². The van der Waals surface area contributed by atoms with Gasteiger partial charge in [0.1, 0.15) is 19.0 Å². The fourth-order valence-corrected chi connectivity index (χ4v) is 2.96. The van der Waals surface area contributed by atoms with Gasteiger partial charge in [0.25, 0.3) is 5.79 Å². The Morgan fingerprint density at radius 2 is 1.24 bits per heavy atom. The molecule has 11 heteroatoms. The number of aliphatic hydroxyl groups is 1. The van der Waals surface area contributed by atoms with Gasteiger partial charge in [0.05, 0.1) is 6.42 Å². The Hall–Kier alpha value is -4.06. The van der Waals surface area contributed by atoms with Gasteiger partial charge in [0.2, 0.25) is 5.91 Å². The van der Waals surface area contributed by atoms with E-state index in [0.29, 0.717) is 13.1 Å². The number of rotatable bonds is 9. The Bertz CT molecular complexity index is 1080. The van der Waals surface area contributed by atoms with Crippen LogP contribution in [-0.4, -0.2) is 62.0 Å². The number of nitrogens with two attached hydrogens (primary N) is 1. The van der Waals surface area contributed by atoms with Gasteiger partial charge in [-0.05, 0) is 11.1 Å². The van der Waals surface area contributed by atoms with Crippen LogP contribution in [-0.2, 0) is 51.2 Å². The first-order chi connectivity index (χ1) is 20.5. The molecule has 0 spiro atoms. The number of cyclic esters (lactones) is 2. The summed E-state index contributed by atoms with van der Waals surface area (Å²) in [6.45, 7) is 11.7. The first-order valence-electron chi connectivity index (χ1n) is 14.0. The van der Waals surface area contributed by atoms with E-state index < -0.39 is 29.1 Å². The van der Waals surface area contributed by atoms with Crippen molar-refractivity contribution in [1.82, 2.24) is 5.32 Å². The van der Waals surface area contributed by atoms with Crippen molar-refractivity contribution in [3.63, 3.8) is 0 Å². The van der Waals surface area contributed by atoms with Crippen molar-refractivity contribution in [1.29, 1.82) is 0 Å². The number of nitrogens with one attached hydrogen (secondary N) is 1. The van der Waals surface area contributed by atoms with E-state index in [0.717, 1.165) is 5.56 Å². The van der Waals surface area contributed by atoms with Crippen LogP contribution in [0.25, 0.3) is 0 Å². The lowest BCUT2D eigenvalue weighted by atomic mass is 10.2. The van der Waals surface area contributed by atoms with Gasteiger partial charge in [0.15, 0.2) is 11.4 Å². The Morgan fingerprint density at radius 1 is 0.822 bits per heavy atom. The number of esters is 2. The topological polar surface area (TPSA) is 163 Å².